The summed E-state index contributed by atoms with van der Waals surface area (Å²) in [4.78, 5) is 30.8. The van der Waals surface area contributed by atoms with Crippen LogP contribution in [0.4, 0.5) is 0 Å². The predicted octanol–water partition coefficient (Wildman–Crippen LogP) is 3.03. The molecule has 4 rings (SSSR count). The molecular weight excluding hydrogens is 364 g/mol. The normalized spacial score (nSPS) is 10.0. The maximum atomic E-state index is 11.0. The lowest BCUT2D eigenvalue weighted by atomic mass is 10.2. The molecule has 0 aliphatic rings. The molecule has 0 aromatic carbocycles. The van der Waals surface area contributed by atoms with Gasteiger partial charge >= 0.3 is 5.69 Å². The number of pyridine rings is 2. The van der Waals surface area contributed by atoms with Crippen molar-refractivity contribution >= 4 is 11.6 Å². The average Bonchev–Trinajstić information content (AvgIpc) is 2.72. The van der Waals surface area contributed by atoms with Crippen molar-refractivity contribution in [3.63, 3.8) is 0 Å². The molecule has 0 saturated heterocycles. The standard InChI is InChI=1S/C10H9N3O.C9H6ClN3/c1-13-7-8(6-12-10(13)14)9-4-2-3-5-11-9;10-9-12-5-7(6-13-9)8-3-1-2-4-11-8/h2-7H,1H3;1-6H. The second-order valence-electron chi connectivity index (χ2n) is 5.41. The van der Waals surface area contributed by atoms with Gasteiger partial charge in [-0.2, -0.15) is 0 Å². The van der Waals surface area contributed by atoms with Crippen molar-refractivity contribution in [3.8, 4) is 22.5 Å². The first-order chi connectivity index (χ1) is 13.1. The maximum absolute atomic E-state index is 11.0. The van der Waals surface area contributed by atoms with Gasteiger partial charge in [0.1, 0.15) is 0 Å². The number of nitrogens with zero attached hydrogens (tertiary/aromatic N) is 6. The minimum absolute atomic E-state index is 0.250. The summed E-state index contributed by atoms with van der Waals surface area (Å²) >= 11 is 5.56. The van der Waals surface area contributed by atoms with Crippen LogP contribution in [-0.4, -0.2) is 29.5 Å². The molecule has 27 heavy (non-hydrogen) atoms. The smallest absolute Gasteiger partial charge is 0.302 e. The molecule has 0 atom stereocenters. The first kappa shape index (κ1) is 18.3. The fourth-order valence-electron chi connectivity index (χ4n) is 2.16. The summed E-state index contributed by atoms with van der Waals surface area (Å²) in [5.74, 6) is 0. The Labute approximate surface area is 160 Å². The van der Waals surface area contributed by atoms with Crippen LogP contribution in [0.25, 0.3) is 22.5 Å². The van der Waals surface area contributed by atoms with Crippen LogP contribution in [0.2, 0.25) is 5.28 Å². The van der Waals surface area contributed by atoms with Crippen molar-refractivity contribution in [2.24, 2.45) is 7.05 Å². The summed E-state index contributed by atoms with van der Waals surface area (Å²) in [6.07, 6.45) is 9.99. The summed E-state index contributed by atoms with van der Waals surface area (Å²) in [6.45, 7) is 0. The summed E-state index contributed by atoms with van der Waals surface area (Å²) in [5.41, 5.74) is 3.11. The first-order valence-electron chi connectivity index (χ1n) is 7.96. The van der Waals surface area contributed by atoms with Gasteiger partial charge in [-0.3, -0.25) is 9.97 Å². The highest BCUT2D eigenvalue weighted by Gasteiger charge is 2.00. The Kier molecular flexibility index (Phi) is 5.96. The largest absolute Gasteiger partial charge is 0.347 e. The Balaban J connectivity index is 0.000000156. The van der Waals surface area contributed by atoms with Gasteiger partial charge < -0.3 is 4.57 Å². The molecular formula is C19H15ClN6O. The molecule has 8 heteroatoms. The zero-order chi connectivity index (χ0) is 19.1. The van der Waals surface area contributed by atoms with Crippen LogP contribution in [-0.2, 0) is 7.05 Å². The molecule has 4 aromatic heterocycles. The first-order valence-corrected chi connectivity index (χ1v) is 8.34. The zero-order valence-electron chi connectivity index (χ0n) is 14.4. The topological polar surface area (TPSA) is 86.4 Å². The molecule has 4 heterocycles. The Morgan fingerprint density at radius 2 is 1.33 bits per heavy atom. The van der Waals surface area contributed by atoms with Crippen molar-refractivity contribution in [3.05, 3.63) is 89.3 Å². The molecule has 134 valence electrons. The van der Waals surface area contributed by atoms with E-state index in [2.05, 4.69) is 24.9 Å². The van der Waals surface area contributed by atoms with E-state index in [-0.39, 0.29) is 11.0 Å². The van der Waals surface area contributed by atoms with Crippen molar-refractivity contribution < 1.29 is 0 Å². The average molecular weight is 379 g/mol. The summed E-state index contributed by atoms with van der Waals surface area (Å²) in [6, 6.07) is 11.3. The zero-order valence-corrected chi connectivity index (χ0v) is 15.2. The van der Waals surface area contributed by atoms with E-state index in [9.17, 15) is 4.79 Å². The van der Waals surface area contributed by atoms with Gasteiger partial charge in [-0.15, -0.1) is 0 Å². The monoisotopic (exact) mass is 378 g/mol. The van der Waals surface area contributed by atoms with Gasteiger partial charge in [0.2, 0.25) is 5.28 Å². The second-order valence-corrected chi connectivity index (χ2v) is 5.74. The van der Waals surface area contributed by atoms with E-state index in [0.717, 1.165) is 22.5 Å². The highest BCUT2D eigenvalue weighted by molar-refractivity contribution is 6.28. The van der Waals surface area contributed by atoms with Gasteiger partial charge in [0.25, 0.3) is 0 Å². The Bertz CT molecular complexity index is 1050. The fraction of sp³-hybridized carbons (Fsp3) is 0.0526. The fourth-order valence-corrected chi connectivity index (χ4v) is 2.25. The number of hydrogen-bond acceptors (Lipinski definition) is 6. The van der Waals surface area contributed by atoms with Gasteiger partial charge in [0.15, 0.2) is 0 Å². The van der Waals surface area contributed by atoms with Crippen LogP contribution in [0.5, 0.6) is 0 Å². The van der Waals surface area contributed by atoms with Crippen LogP contribution in [0, 0.1) is 0 Å². The quantitative estimate of drug-likeness (QED) is 0.498. The maximum Gasteiger partial charge on any atom is 0.347 e. The third-order valence-corrected chi connectivity index (χ3v) is 3.69. The van der Waals surface area contributed by atoms with Crippen LogP contribution < -0.4 is 5.69 Å². The molecule has 0 bridgehead atoms. The lowest BCUT2D eigenvalue weighted by molar-refractivity contribution is 0.811. The van der Waals surface area contributed by atoms with Gasteiger partial charge in [0.05, 0.1) is 11.4 Å². The van der Waals surface area contributed by atoms with Crippen molar-refractivity contribution in [2.45, 2.75) is 0 Å². The number of aryl methyl sites for hydroxylation is 1. The molecule has 0 N–H and O–H groups in total. The van der Waals surface area contributed by atoms with Crippen molar-refractivity contribution in [2.75, 3.05) is 0 Å². The van der Waals surface area contributed by atoms with E-state index in [4.69, 9.17) is 11.6 Å². The van der Waals surface area contributed by atoms with E-state index < -0.39 is 0 Å². The summed E-state index contributed by atoms with van der Waals surface area (Å²) in [5, 5.41) is 0.250. The minimum Gasteiger partial charge on any atom is -0.302 e. The van der Waals surface area contributed by atoms with E-state index in [0.29, 0.717) is 0 Å². The Morgan fingerprint density at radius 1 is 0.778 bits per heavy atom. The van der Waals surface area contributed by atoms with Gasteiger partial charge in [-0.25, -0.2) is 19.7 Å². The third-order valence-electron chi connectivity index (χ3n) is 3.49. The highest BCUT2D eigenvalue weighted by Crippen LogP contribution is 2.14. The molecule has 0 unspecified atom stereocenters. The predicted molar refractivity (Wildman–Crippen MR) is 103 cm³/mol. The number of halogens is 1. The Morgan fingerprint density at radius 3 is 1.85 bits per heavy atom. The number of rotatable bonds is 2. The highest BCUT2D eigenvalue weighted by atomic mass is 35.5. The van der Waals surface area contributed by atoms with Gasteiger partial charge in [-0.05, 0) is 35.9 Å². The summed E-state index contributed by atoms with van der Waals surface area (Å²) < 4.78 is 1.43. The molecule has 0 saturated carbocycles. The minimum atomic E-state index is -0.260. The number of aromatic nitrogens is 6. The van der Waals surface area contributed by atoms with E-state index in [1.807, 2.05) is 36.4 Å². The van der Waals surface area contributed by atoms with Gasteiger partial charge in [-0.1, -0.05) is 12.1 Å². The Hall–Kier alpha value is -3.45. The lowest BCUT2D eigenvalue weighted by Crippen LogP contribution is -2.18. The second kappa shape index (κ2) is 8.77. The van der Waals surface area contributed by atoms with E-state index >= 15 is 0 Å². The molecule has 0 amide bonds. The molecule has 0 spiro atoms. The van der Waals surface area contributed by atoms with Crippen molar-refractivity contribution in [1.29, 1.82) is 0 Å². The molecule has 7 nitrogen and oxygen atoms in total. The number of hydrogen-bond donors (Lipinski definition) is 0. The molecule has 0 fully saturated rings. The molecule has 4 aromatic rings. The van der Waals surface area contributed by atoms with Crippen LogP contribution in [0.1, 0.15) is 0 Å². The molecule has 0 radical (unpaired) electrons. The van der Waals surface area contributed by atoms with E-state index in [1.54, 1.807) is 38.0 Å². The van der Waals surface area contributed by atoms with Crippen LogP contribution >= 0.6 is 11.6 Å². The molecule has 0 aliphatic carbocycles. The van der Waals surface area contributed by atoms with E-state index in [1.165, 1.54) is 10.8 Å². The van der Waals surface area contributed by atoms with Crippen LogP contribution in [0.15, 0.2) is 78.4 Å². The molecule has 0 aliphatic heterocycles. The third kappa shape index (κ3) is 5.02. The summed E-state index contributed by atoms with van der Waals surface area (Å²) in [7, 11) is 1.67. The van der Waals surface area contributed by atoms with Gasteiger partial charge in [0, 0.05) is 55.4 Å². The van der Waals surface area contributed by atoms with Crippen LogP contribution in [0.3, 0.4) is 0 Å². The van der Waals surface area contributed by atoms with Crippen molar-refractivity contribution in [1.82, 2.24) is 29.5 Å². The SMILES string of the molecule is Clc1ncc(-c2ccccn2)cn1.Cn1cc(-c2ccccn2)cnc1=O. The lowest BCUT2D eigenvalue weighted by Gasteiger charge is -2.00.